The van der Waals surface area contributed by atoms with Crippen LogP contribution in [0.25, 0.3) is 0 Å². The molecule has 2 saturated heterocycles. The SMILES string of the molecule is O=C(O)C1CC2CCC(c3ccc(C(F)(F)F)cc3)(C1)N2. The van der Waals surface area contributed by atoms with Crippen molar-refractivity contribution in [3.8, 4) is 0 Å². The molecule has 1 aromatic carbocycles. The summed E-state index contributed by atoms with van der Waals surface area (Å²) in [7, 11) is 0. The molecule has 21 heavy (non-hydrogen) atoms. The summed E-state index contributed by atoms with van der Waals surface area (Å²) >= 11 is 0. The highest BCUT2D eigenvalue weighted by Gasteiger charge is 2.48. The average molecular weight is 299 g/mol. The number of carbonyl (C=O) groups is 1. The molecule has 2 heterocycles. The molecular formula is C15H16F3NO2. The minimum Gasteiger partial charge on any atom is -0.481 e. The molecule has 2 aliphatic heterocycles. The number of nitrogens with one attached hydrogen (secondary N) is 1. The molecule has 2 fully saturated rings. The fourth-order valence-electron chi connectivity index (χ4n) is 3.65. The number of aliphatic carboxylic acids is 1. The van der Waals surface area contributed by atoms with Gasteiger partial charge in [-0.25, -0.2) is 0 Å². The molecule has 2 bridgehead atoms. The van der Waals surface area contributed by atoms with Crippen molar-refractivity contribution in [1.82, 2.24) is 5.32 Å². The quantitative estimate of drug-likeness (QED) is 0.882. The van der Waals surface area contributed by atoms with Crippen molar-refractivity contribution < 1.29 is 23.1 Å². The number of piperidine rings is 1. The molecule has 0 amide bonds. The van der Waals surface area contributed by atoms with Crippen LogP contribution in [0.3, 0.4) is 0 Å². The zero-order chi connectivity index (χ0) is 15.3. The van der Waals surface area contributed by atoms with Gasteiger partial charge in [0.1, 0.15) is 0 Å². The van der Waals surface area contributed by atoms with Gasteiger partial charge < -0.3 is 10.4 Å². The number of rotatable bonds is 2. The number of benzene rings is 1. The van der Waals surface area contributed by atoms with Crippen molar-refractivity contribution in [2.24, 2.45) is 5.92 Å². The molecule has 3 nitrogen and oxygen atoms in total. The largest absolute Gasteiger partial charge is 0.481 e. The minimum absolute atomic E-state index is 0.141. The molecule has 6 heteroatoms. The number of hydrogen-bond donors (Lipinski definition) is 2. The number of hydrogen-bond acceptors (Lipinski definition) is 2. The van der Waals surface area contributed by atoms with E-state index >= 15 is 0 Å². The van der Waals surface area contributed by atoms with E-state index in [2.05, 4.69) is 5.32 Å². The molecule has 0 aliphatic carbocycles. The zero-order valence-corrected chi connectivity index (χ0v) is 11.3. The number of carboxylic acids is 1. The van der Waals surface area contributed by atoms with E-state index in [-0.39, 0.29) is 6.04 Å². The fraction of sp³-hybridized carbons (Fsp3) is 0.533. The summed E-state index contributed by atoms with van der Waals surface area (Å²) in [4.78, 5) is 11.3. The van der Waals surface area contributed by atoms with Gasteiger partial charge in [-0.05, 0) is 43.4 Å². The van der Waals surface area contributed by atoms with Gasteiger partial charge in [-0.2, -0.15) is 13.2 Å². The summed E-state index contributed by atoms with van der Waals surface area (Å²) in [6.45, 7) is 0. The van der Waals surface area contributed by atoms with Crippen LogP contribution in [-0.2, 0) is 16.5 Å². The maximum Gasteiger partial charge on any atom is 0.416 e. The molecule has 3 unspecified atom stereocenters. The Kier molecular flexibility index (Phi) is 3.24. The molecule has 2 N–H and O–H groups in total. The topological polar surface area (TPSA) is 49.3 Å². The van der Waals surface area contributed by atoms with E-state index in [0.29, 0.717) is 12.8 Å². The van der Waals surface area contributed by atoms with Crippen LogP contribution in [-0.4, -0.2) is 17.1 Å². The van der Waals surface area contributed by atoms with Crippen molar-refractivity contribution >= 4 is 5.97 Å². The second-order valence-corrected chi connectivity index (χ2v) is 6.01. The Bertz CT molecular complexity index is 555. The minimum atomic E-state index is -4.35. The first-order valence-electron chi connectivity index (χ1n) is 6.98. The lowest BCUT2D eigenvalue weighted by Crippen LogP contribution is -2.48. The molecule has 114 valence electrons. The first kappa shape index (κ1) is 14.4. The van der Waals surface area contributed by atoms with Gasteiger partial charge in [0, 0.05) is 11.6 Å². The Morgan fingerprint density at radius 2 is 1.95 bits per heavy atom. The predicted octanol–water partition coefficient (Wildman–Crippen LogP) is 3.15. The summed E-state index contributed by atoms with van der Waals surface area (Å²) in [5, 5.41) is 12.7. The number of halogens is 3. The Morgan fingerprint density at radius 1 is 1.29 bits per heavy atom. The summed E-state index contributed by atoms with van der Waals surface area (Å²) < 4.78 is 37.9. The number of alkyl halides is 3. The van der Waals surface area contributed by atoms with E-state index in [1.807, 2.05) is 0 Å². The predicted molar refractivity (Wildman–Crippen MR) is 69.6 cm³/mol. The molecule has 3 atom stereocenters. The average Bonchev–Trinajstić information content (AvgIpc) is 2.74. The molecule has 0 aromatic heterocycles. The Morgan fingerprint density at radius 3 is 2.52 bits per heavy atom. The Balaban J connectivity index is 1.90. The van der Waals surface area contributed by atoms with E-state index in [1.54, 1.807) is 0 Å². The van der Waals surface area contributed by atoms with Crippen molar-refractivity contribution in [1.29, 1.82) is 0 Å². The molecule has 2 aliphatic rings. The highest BCUT2D eigenvalue weighted by Crippen LogP contribution is 2.45. The monoisotopic (exact) mass is 299 g/mol. The van der Waals surface area contributed by atoms with Gasteiger partial charge in [0.25, 0.3) is 0 Å². The van der Waals surface area contributed by atoms with Gasteiger partial charge in [-0.3, -0.25) is 4.79 Å². The zero-order valence-electron chi connectivity index (χ0n) is 11.3. The molecule has 0 saturated carbocycles. The third kappa shape index (κ3) is 2.52. The standard InChI is InChI=1S/C15H16F3NO2/c16-15(17,18)11-3-1-10(2-4-11)14-6-5-12(19-14)7-9(8-14)13(20)21/h1-4,9,12,19H,5-8H2,(H,20,21). The molecule has 1 aromatic rings. The lowest BCUT2D eigenvalue weighted by Gasteiger charge is -2.38. The maximum absolute atomic E-state index is 12.6. The van der Waals surface area contributed by atoms with E-state index in [0.717, 1.165) is 30.5 Å². The van der Waals surface area contributed by atoms with E-state index in [4.69, 9.17) is 0 Å². The third-order valence-electron chi connectivity index (χ3n) is 4.68. The molecule has 0 spiro atoms. The van der Waals surface area contributed by atoms with E-state index < -0.39 is 29.2 Å². The lowest BCUT2D eigenvalue weighted by molar-refractivity contribution is -0.143. The van der Waals surface area contributed by atoms with Crippen LogP contribution in [0.1, 0.15) is 36.8 Å². The molecule has 0 radical (unpaired) electrons. The maximum atomic E-state index is 12.6. The van der Waals surface area contributed by atoms with Gasteiger partial charge >= 0.3 is 12.1 Å². The van der Waals surface area contributed by atoms with Crippen LogP contribution >= 0.6 is 0 Å². The van der Waals surface area contributed by atoms with Crippen LogP contribution in [0.15, 0.2) is 24.3 Å². The summed E-state index contributed by atoms with van der Waals surface area (Å²) in [6.07, 6.45) is -1.68. The first-order valence-corrected chi connectivity index (χ1v) is 6.98. The highest BCUT2D eigenvalue weighted by atomic mass is 19.4. The van der Waals surface area contributed by atoms with E-state index in [9.17, 15) is 23.1 Å². The second kappa shape index (κ2) is 4.73. The Hall–Kier alpha value is -1.56. The van der Waals surface area contributed by atoms with Crippen molar-refractivity contribution in [2.45, 2.75) is 43.4 Å². The van der Waals surface area contributed by atoms with Crippen LogP contribution in [0, 0.1) is 5.92 Å². The van der Waals surface area contributed by atoms with Crippen molar-refractivity contribution in [3.05, 3.63) is 35.4 Å². The third-order valence-corrected chi connectivity index (χ3v) is 4.68. The summed E-state index contributed by atoms with van der Waals surface area (Å²) in [5.74, 6) is -1.25. The van der Waals surface area contributed by atoms with E-state index in [1.165, 1.54) is 12.1 Å². The lowest BCUT2D eigenvalue weighted by atomic mass is 9.78. The smallest absolute Gasteiger partial charge is 0.416 e. The second-order valence-electron chi connectivity index (χ2n) is 6.01. The summed E-state index contributed by atoms with van der Waals surface area (Å²) in [6, 6.07) is 5.24. The fourth-order valence-corrected chi connectivity index (χ4v) is 3.65. The van der Waals surface area contributed by atoms with Gasteiger partial charge in [0.2, 0.25) is 0 Å². The first-order chi connectivity index (χ1) is 9.80. The van der Waals surface area contributed by atoms with Crippen LogP contribution < -0.4 is 5.32 Å². The Labute approximate surface area is 120 Å². The van der Waals surface area contributed by atoms with Crippen LogP contribution in [0.5, 0.6) is 0 Å². The van der Waals surface area contributed by atoms with Crippen molar-refractivity contribution in [2.75, 3.05) is 0 Å². The van der Waals surface area contributed by atoms with Gasteiger partial charge in [-0.1, -0.05) is 12.1 Å². The number of fused-ring (bicyclic) bond motifs is 2. The van der Waals surface area contributed by atoms with Crippen molar-refractivity contribution in [3.63, 3.8) is 0 Å². The van der Waals surface area contributed by atoms with Gasteiger partial charge in [0.15, 0.2) is 0 Å². The van der Waals surface area contributed by atoms with Crippen LogP contribution in [0.2, 0.25) is 0 Å². The molecular weight excluding hydrogens is 283 g/mol. The number of carboxylic acid groups (broad SMARTS) is 1. The van der Waals surface area contributed by atoms with Gasteiger partial charge in [0.05, 0.1) is 11.5 Å². The summed E-state index contributed by atoms with van der Waals surface area (Å²) in [5.41, 5.74) is -0.414. The normalized spacial score (nSPS) is 32.1. The highest BCUT2D eigenvalue weighted by molar-refractivity contribution is 5.70. The molecule has 3 rings (SSSR count). The van der Waals surface area contributed by atoms with Crippen LogP contribution in [0.4, 0.5) is 13.2 Å². The van der Waals surface area contributed by atoms with Gasteiger partial charge in [-0.15, -0.1) is 0 Å².